The van der Waals surface area contributed by atoms with Crippen molar-refractivity contribution in [3.8, 4) is 0 Å². The Morgan fingerprint density at radius 3 is 3.00 bits per heavy atom. The maximum absolute atomic E-state index is 12.4. The van der Waals surface area contributed by atoms with Gasteiger partial charge in [-0.2, -0.15) is 5.10 Å². The van der Waals surface area contributed by atoms with Gasteiger partial charge in [0.1, 0.15) is 17.6 Å². The van der Waals surface area contributed by atoms with Gasteiger partial charge in [0.15, 0.2) is 0 Å². The number of hydrogen-bond acceptors (Lipinski definition) is 5. The number of anilines is 1. The Kier molecular flexibility index (Phi) is 4.06. The first-order chi connectivity index (χ1) is 10.6. The quantitative estimate of drug-likeness (QED) is 0.918. The Balaban J connectivity index is 1.75. The van der Waals surface area contributed by atoms with Gasteiger partial charge < -0.3 is 14.5 Å². The molecule has 0 saturated carbocycles. The third kappa shape index (κ3) is 2.94. The van der Waals surface area contributed by atoms with Gasteiger partial charge in [-0.1, -0.05) is 6.07 Å². The van der Waals surface area contributed by atoms with Gasteiger partial charge in [0.05, 0.1) is 18.8 Å². The predicted octanol–water partition coefficient (Wildman–Crippen LogP) is 1.08. The molecule has 1 aliphatic rings. The van der Waals surface area contributed by atoms with Crippen molar-refractivity contribution in [3.63, 3.8) is 0 Å². The number of rotatable bonds is 3. The average molecular weight is 301 g/mol. The van der Waals surface area contributed by atoms with Crippen LogP contribution in [-0.4, -0.2) is 59.8 Å². The third-order valence-electron chi connectivity index (χ3n) is 3.63. The topological polar surface area (TPSA) is 74.3 Å². The number of aromatic amines is 1. The van der Waals surface area contributed by atoms with E-state index in [-0.39, 0.29) is 12.0 Å². The van der Waals surface area contributed by atoms with Crippen LogP contribution in [0.25, 0.3) is 0 Å². The predicted molar refractivity (Wildman–Crippen MR) is 81.7 cm³/mol. The minimum atomic E-state index is -0.208. The summed E-state index contributed by atoms with van der Waals surface area (Å²) >= 11 is 0. The number of aromatic nitrogens is 3. The minimum absolute atomic E-state index is 0.0606. The van der Waals surface area contributed by atoms with Crippen molar-refractivity contribution >= 4 is 11.7 Å². The van der Waals surface area contributed by atoms with Crippen LogP contribution in [0.5, 0.6) is 0 Å². The molecule has 0 aliphatic carbocycles. The Bertz CT molecular complexity index is 641. The number of amides is 1. The molecule has 3 rings (SSSR count). The molecule has 1 N–H and O–H groups in total. The van der Waals surface area contributed by atoms with Crippen LogP contribution in [0, 0.1) is 0 Å². The molecule has 1 saturated heterocycles. The largest absolute Gasteiger partial charge is 0.368 e. The van der Waals surface area contributed by atoms with Crippen molar-refractivity contribution in [2.75, 3.05) is 38.7 Å². The molecule has 7 heteroatoms. The Hall–Kier alpha value is -2.41. The van der Waals surface area contributed by atoms with Crippen LogP contribution in [0.3, 0.4) is 0 Å². The van der Waals surface area contributed by atoms with Crippen molar-refractivity contribution in [2.24, 2.45) is 0 Å². The summed E-state index contributed by atoms with van der Waals surface area (Å²) in [5.74, 6) is 0.813. The summed E-state index contributed by atoms with van der Waals surface area (Å²) in [6.07, 6.45) is 1.37. The van der Waals surface area contributed by atoms with Gasteiger partial charge in [0, 0.05) is 26.8 Å². The van der Waals surface area contributed by atoms with Gasteiger partial charge in [-0.05, 0) is 18.2 Å². The number of carbonyl (C=O) groups is 1. The monoisotopic (exact) mass is 301 g/mol. The van der Waals surface area contributed by atoms with Gasteiger partial charge in [-0.3, -0.25) is 9.89 Å². The lowest BCUT2D eigenvalue weighted by Crippen LogP contribution is -2.42. The Morgan fingerprint density at radius 1 is 1.41 bits per heavy atom. The average Bonchev–Trinajstić information content (AvgIpc) is 3.09. The second-order valence-corrected chi connectivity index (χ2v) is 5.40. The number of carbonyl (C=O) groups excluding carboxylic acids is 1. The third-order valence-corrected chi connectivity index (χ3v) is 3.63. The number of H-pyrrole nitrogens is 1. The van der Waals surface area contributed by atoms with Gasteiger partial charge in [0.2, 0.25) is 0 Å². The zero-order valence-electron chi connectivity index (χ0n) is 12.7. The lowest BCUT2D eigenvalue weighted by atomic mass is 10.1. The van der Waals surface area contributed by atoms with Crippen LogP contribution >= 0.6 is 0 Å². The molecule has 1 unspecified atom stereocenters. The highest BCUT2D eigenvalue weighted by atomic mass is 16.5. The number of hydrogen-bond donors (Lipinski definition) is 1. The molecular weight excluding hydrogens is 282 g/mol. The molecule has 0 bridgehead atoms. The number of nitrogens with one attached hydrogen (secondary N) is 1. The number of morpholine rings is 1. The van der Waals surface area contributed by atoms with E-state index in [1.165, 1.54) is 0 Å². The highest BCUT2D eigenvalue weighted by Gasteiger charge is 2.27. The van der Waals surface area contributed by atoms with Crippen LogP contribution in [0.4, 0.5) is 5.82 Å². The SMILES string of the molecule is CN(C)c1cccc(C2CN(C(=O)c3ccn[nH]3)CCO2)n1. The van der Waals surface area contributed by atoms with Crippen molar-refractivity contribution in [1.82, 2.24) is 20.1 Å². The van der Waals surface area contributed by atoms with E-state index in [2.05, 4.69) is 15.2 Å². The fourth-order valence-corrected chi connectivity index (χ4v) is 2.43. The lowest BCUT2D eigenvalue weighted by molar-refractivity contribution is -0.0248. The lowest BCUT2D eigenvalue weighted by Gasteiger charge is -2.32. The summed E-state index contributed by atoms with van der Waals surface area (Å²) < 4.78 is 5.80. The number of ether oxygens (including phenoxy) is 1. The highest BCUT2D eigenvalue weighted by Crippen LogP contribution is 2.23. The van der Waals surface area contributed by atoms with Crippen LogP contribution in [0.2, 0.25) is 0 Å². The summed E-state index contributed by atoms with van der Waals surface area (Å²) in [5.41, 5.74) is 1.34. The minimum Gasteiger partial charge on any atom is -0.368 e. The smallest absolute Gasteiger partial charge is 0.272 e. The molecule has 7 nitrogen and oxygen atoms in total. The van der Waals surface area contributed by atoms with Crippen molar-refractivity contribution in [3.05, 3.63) is 41.9 Å². The van der Waals surface area contributed by atoms with Gasteiger partial charge >= 0.3 is 0 Å². The summed E-state index contributed by atoms with van der Waals surface area (Å²) in [5, 5.41) is 6.53. The standard InChI is InChI=1S/C15H19N5O2/c1-19(2)14-5-3-4-11(17-14)13-10-20(8-9-22-13)15(21)12-6-7-16-18-12/h3-7,13H,8-10H2,1-2H3,(H,16,18). The molecule has 0 aromatic carbocycles. The van der Waals surface area contributed by atoms with Crippen LogP contribution < -0.4 is 4.90 Å². The number of nitrogens with zero attached hydrogens (tertiary/aromatic N) is 4. The summed E-state index contributed by atoms with van der Waals surface area (Å²) in [7, 11) is 3.89. The molecule has 1 atom stereocenters. The zero-order chi connectivity index (χ0) is 15.5. The second kappa shape index (κ2) is 6.15. The molecule has 1 aliphatic heterocycles. The van der Waals surface area contributed by atoms with Crippen molar-refractivity contribution < 1.29 is 9.53 Å². The fraction of sp³-hybridized carbons (Fsp3) is 0.400. The molecular formula is C15H19N5O2. The normalized spacial score (nSPS) is 18.3. The molecule has 0 spiro atoms. The van der Waals surface area contributed by atoms with E-state index in [0.717, 1.165) is 11.5 Å². The molecule has 116 valence electrons. The van der Waals surface area contributed by atoms with E-state index in [4.69, 9.17) is 4.74 Å². The molecule has 22 heavy (non-hydrogen) atoms. The molecule has 2 aromatic rings. The zero-order valence-corrected chi connectivity index (χ0v) is 12.7. The summed E-state index contributed by atoms with van der Waals surface area (Å²) in [4.78, 5) is 20.7. The molecule has 1 fully saturated rings. The molecule has 3 heterocycles. The van der Waals surface area contributed by atoms with Crippen LogP contribution in [0.15, 0.2) is 30.5 Å². The molecule has 1 amide bonds. The first-order valence-corrected chi connectivity index (χ1v) is 7.19. The maximum atomic E-state index is 12.4. The van der Waals surface area contributed by atoms with Crippen LogP contribution in [0.1, 0.15) is 22.3 Å². The van der Waals surface area contributed by atoms with E-state index < -0.39 is 0 Å². The fourth-order valence-electron chi connectivity index (χ4n) is 2.43. The van der Waals surface area contributed by atoms with Crippen molar-refractivity contribution in [1.29, 1.82) is 0 Å². The summed E-state index contributed by atoms with van der Waals surface area (Å²) in [6, 6.07) is 7.51. The second-order valence-electron chi connectivity index (χ2n) is 5.40. The van der Waals surface area contributed by atoms with Gasteiger partial charge in [0.25, 0.3) is 5.91 Å². The van der Waals surface area contributed by atoms with E-state index >= 15 is 0 Å². The van der Waals surface area contributed by atoms with Crippen molar-refractivity contribution in [2.45, 2.75) is 6.10 Å². The van der Waals surface area contributed by atoms with E-state index in [1.807, 2.05) is 37.2 Å². The van der Waals surface area contributed by atoms with E-state index in [9.17, 15) is 4.79 Å². The van der Waals surface area contributed by atoms with Crippen LogP contribution in [-0.2, 0) is 4.74 Å². The van der Waals surface area contributed by atoms with E-state index in [1.54, 1.807) is 17.2 Å². The highest BCUT2D eigenvalue weighted by molar-refractivity contribution is 5.92. The molecule has 2 aromatic heterocycles. The Labute approximate surface area is 128 Å². The molecule has 0 radical (unpaired) electrons. The first-order valence-electron chi connectivity index (χ1n) is 7.19. The van der Waals surface area contributed by atoms with Gasteiger partial charge in [-0.25, -0.2) is 4.98 Å². The Morgan fingerprint density at radius 2 is 2.27 bits per heavy atom. The van der Waals surface area contributed by atoms with E-state index in [0.29, 0.717) is 25.4 Å². The number of pyridine rings is 1. The summed E-state index contributed by atoms with van der Waals surface area (Å²) in [6.45, 7) is 1.56. The maximum Gasteiger partial charge on any atom is 0.272 e. The first kappa shape index (κ1) is 14.5. The van der Waals surface area contributed by atoms with Gasteiger partial charge in [-0.15, -0.1) is 0 Å².